The Morgan fingerprint density at radius 1 is 0.443 bits per heavy atom. The highest BCUT2D eigenvalue weighted by atomic mass is 16.5. The zero-order valence-electron chi connectivity index (χ0n) is 41.6. The predicted molar refractivity (Wildman–Crippen MR) is 259 cm³/mol. The van der Waals surface area contributed by atoms with E-state index in [1.54, 1.807) is 0 Å². The molecule has 1 N–H and O–H groups in total. The minimum atomic E-state index is -0.0985. The number of rotatable bonds is 11. The topological polar surface area (TPSA) is 49.0 Å². The minimum Gasteiger partial charge on any atom is -0.496 e. The van der Waals surface area contributed by atoms with Crippen LogP contribution in [0.2, 0.25) is 0 Å². The van der Waals surface area contributed by atoms with Gasteiger partial charge >= 0.3 is 0 Å². The maximum Gasteiger partial charge on any atom is 0.126 e. The first-order valence-corrected chi connectivity index (χ1v) is 23.0. The van der Waals surface area contributed by atoms with E-state index >= 15 is 0 Å². The average molecular weight is 832 g/mol. The molecule has 0 saturated carbocycles. The van der Waals surface area contributed by atoms with Crippen molar-refractivity contribution in [1.82, 2.24) is 5.32 Å². The van der Waals surface area contributed by atoms with Crippen molar-refractivity contribution in [1.29, 1.82) is 0 Å². The predicted octanol–water partition coefficient (Wildman–Crippen LogP) is 13.7. The highest BCUT2D eigenvalue weighted by molar-refractivity contribution is 5.61. The van der Waals surface area contributed by atoms with Crippen LogP contribution in [0.25, 0.3) is 0 Å². The number of unbranched alkanes of at least 4 members (excludes halogenated alkanes) is 2. The molecule has 0 fully saturated rings. The zero-order chi connectivity index (χ0) is 45.2. The van der Waals surface area contributed by atoms with E-state index in [1.807, 2.05) is 28.4 Å². The lowest BCUT2D eigenvalue weighted by Crippen LogP contribution is -2.23. The summed E-state index contributed by atoms with van der Waals surface area (Å²) in [5.74, 6) is 3.81. The van der Waals surface area contributed by atoms with Crippen LogP contribution in [0, 0.1) is 0 Å². The van der Waals surface area contributed by atoms with E-state index in [2.05, 4.69) is 151 Å². The van der Waals surface area contributed by atoms with Crippen LogP contribution in [0.3, 0.4) is 0 Å². The first-order chi connectivity index (χ1) is 28.4. The van der Waals surface area contributed by atoms with Gasteiger partial charge in [0.25, 0.3) is 0 Å². The third-order valence-corrected chi connectivity index (χ3v) is 12.8. The molecule has 0 heterocycles. The van der Waals surface area contributed by atoms with Gasteiger partial charge in [0.15, 0.2) is 0 Å². The Labute approximate surface area is 371 Å². The van der Waals surface area contributed by atoms with Gasteiger partial charge in [0, 0.05) is 42.3 Å². The van der Waals surface area contributed by atoms with Crippen molar-refractivity contribution in [2.45, 2.75) is 175 Å². The third-order valence-electron chi connectivity index (χ3n) is 12.8. The van der Waals surface area contributed by atoms with E-state index in [4.69, 9.17) is 18.9 Å². The van der Waals surface area contributed by atoms with Gasteiger partial charge < -0.3 is 24.3 Å². The van der Waals surface area contributed by atoms with E-state index in [1.165, 1.54) is 55.6 Å². The van der Waals surface area contributed by atoms with Crippen molar-refractivity contribution < 1.29 is 18.9 Å². The van der Waals surface area contributed by atoms with E-state index in [0.29, 0.717) is 25.3 Å². The summed E-state index contributed by atoms with van der Waals surface area (Å²) >= 11 is 0. The van der Waals surface area contributed by atoms with Crippen molar-refractivity contribution in [3.05, 3.63) is 115 Å². The van der Waals surface area contributed by atoms with Crippen molar-refractivity contribution in [2.75, 3.05) is 35.0 Å². The van der Waals surface area contributed by atoms with E-state index in [0.717, 1.165) is 66.4 Å². The summed E-state index contributed by atoms with van der Waals surface area (Å²) in [6.45, 7) is 33.3. The van der Waals surface area contributed by atoms with Crippen molar-refractivity contribution in [3.63, 3.8) is 0 Å². The maximum atomic E-state index is 6.68. The maximum absolute atomic E-state index is 6.68. The van der Waals surface area contributed by atoms with Crippen molar-refractivity contribution in [3.8, 4) is 23.0 Å². The van der Waals surface area contributed by atoms with Crippen LogP contribution < -0.4 is 24.3 Å². The SMILES string of the molecule is COc1c2cc(C(C)(C)C)cc1Cc1cc(C(C)(C)C)cc(c1OC)C(CCCCCNC(C)C)c1cc(C(C)(C)C)cc(c1OC)Cc1cc(C(C)(C)C)cc(c1OC)C2. The molecule has 0 atom stereocenters. The lowest BCUT2D eigenvalue weighted by atomic mass is 9.76. The highest BCUT2D eigenvalue weighted by Gasteiger charge is 2.32. The largest absolute Gasteiger partial charge is 0.496 e. The lowest BCUT2D eigenvalue weighted by Gasteiger charge is -2.31. The average Bonchev–Trinajstić information content (AvgIpc) is 3.15. The molecule has 0 aliphatic heterocycles. The quantitative estimate of drug-likeness (QED) is 0.153. The molecule has 4 aromatic carbocycles. The normalized spacial score (nSPS) is 14.0. The van der Waals surface area contributed by atoms with E-state index in [9.17, 15) is 0 Å². The molecule has 0 saturated heterocycles. The smallest absolute Gasteiger partial charge is 0.126 e. The highest BCUT2D eigenvalue weighted by Crippen LogP contribution is 2.48. The molecule has 334 valence electrons. The van der Waals surface area contributed by atoms with Crippen LogP contribution in [-0.2, 0) is 40.9 Å². The fraction of sp³-hybridized carbons (Fsp3) is 0.571. The molecule has 1 aliphatic rings. The van der Waals surface area contributed by atoms with Crippen LogP contribution in [0.4, 0.5) is 0 Å². The fourth-order valence-electron chi connectivity index (χ4n) is 9.13. The molecule has 1 aliphatic carbocycles. The molecule has 0 amide bonds. The summed E-state index contributed by atoms with van der Waals surface area (Å²) in [4.78, 5) is 0. The number of methoxy groups -OCH3 is 4. The zero-order valence-corrected chi connectivity index (χ0v) is 41.6. The van der Waals surface area contributed by atoms with Gasteiger partial charge in [0.05, 0.1) is 28.4 Å². The van der Waals surface area contributed by atoms with Gasteiger partial charge in [-0.2, -0.15) is 0 Å². The Bertz CT molecular complexity index is 2010. The summed E-state index contributed by atoms with van der Waals surface area (Å²) in [6, 6.07) is 19.7. The van der Waals surface area contributed by atoms with Gasteiger partial charge in [-0.25, -0.2) is 0 Å². The van der Waals surface area contributed by atoms with Gasteiger partial charge in [-0.1, -0.05) is 158 Å². The number of hydrogen-bond acceptors (Lipinski definition) is 5. The number of ether oxygens (including phenoxy) is 4. The van der Waals surface area contributed by atoms with Crippen LogP contribution in [0.15, 0.2) is 48.5 Å². The number of hydrogen-bond donors (Lipinski definition) is 1. The van der Waals surface area contributed by atoms with Gasteiger partial charge in [-0.15, -0.1) is 0 Å². The van der Waals surface area contributed by atoms with Gasteiger partial charge in [0.1, 0.15) is 23.0 Å². The molecule has 61 heavy (non-hydrogen) atoms. The summed E-state index contributed by atoms with van der Waals surface area (Å²) in [6.07, 6.45) is 6.33. The Kier molecular flexibility index (Phi) is 14.8. The Morgan fingerprint density at radius 3 is 1.02 bits per heavy atom. The molecule has 0 radical (unpaired) electrons. The molecule has 5 rings (SSSR count). The monoisotopic (exact) mass is 832 g/mol. The molecular formula is C56H81NO4. The number of nitrogens with one attached hydrogen (secondary N) is 1. The summed E-state index contributed by atoms with van der Waals surface area (Å²) in [5.41, 5.74) is 14.3. The van der Waals surface area contributed by atoms with Gasteiger partial charge in [0.2, 0.25) is 0 Å². The second-order valence-corrected chi connectivity index (χ2v) is 22.2. The standard InChI is InChI=1S/C56H81NO4/c1-35(2)57-23-21-19-20-22-46-47-33-44(55(9,10)11)31-40(51(47)60-17)25-38-29-42(53(3,4)5)27-36(49(38)58-15)24-37-28-43(54(6,7)8)30-39(50(37)59-16)26-41-32-45(56(12,13)14)34-48(46)52(41)61-18/h27-35,46,57H,19-26H2,1-18H3. The molecule has 0 aromatic heterocycles. The summed E-state index contributed by atoms with van der Waals surface area (Å²) < 4.78 is 26.4. The molecular weight excluding hydrogens is 751 g/mol. The van der Waals surface area contributed by atoms with Gasteiger partial charge in [-0.3, -0.25) is 0 Å². The van der Waals surface area contributed by atoms with Crippen LogP contribution >= 0.6 is 0 Å². The summed E-state index contributed by atoms with van der Waals surface area (Å²) in [7, 11) is 7.39. The van der Waals surface area contributed by atoms with E-state index < -0.39 is 0 Å². The Balaban J connectivity index is 1.97. The van der Waals surface area contributed by atoms with Crippen molar-refractivity contribution in [2.24, 2.45) is 0 Å². The molecule has 5 nitrogen and oxygen atoms in total. The summed E-state index contributed by atoms with van der Waals surface area (Å²) in [5, 5.41) is 3.64. The molecule has 8 bridgehead atoms. The van der Waals surface area contributed by atoms with Crippen LogP contribution in [0.1, 0.15) is 195 Å². The fourth-order valence-corrected chi connectivity index (χ4v) is 9.13. The first kappa shape index (κ1) is 48.1. The lowest BCUT2D eigenvalue weighted by molar-refractivity contribution is 0.388. The van der Waals surface area contributed by atoms with Gasteiger partial charge in [-0.05, 0) is 96.7 Å². The third kappa shape index (κ3) is 11.2. The molecule has 0 spiro atoms. The van der Waals surface area contributed by atoms with E-state index in [-0.39, 0.29) is 27.6 Å². The molecule has 5 heteroatoms. The number of benzene rings is 4. The molecule has 4 aromatic rings. The first-order valence-electron chi connectivity index (χ1n) is 23.0. The second kappa shape index (κ2) is 18.8. The Hall–Kier alpha value is -3.96. The minimum absolute atomic E-state index is 0.0229. The van der Waals surface area contributed by atoms with Crippen molar-refractivity contribution >= 4 is 0 Å². The second-order valence-electron chi connectivity index (χ2n) is 22.2. The molecule has 0 unspecified atom stereocenters. The Morgan fingerprint density at radius 2 is 0.738 bits per heavy atom. The van der Waals surface area contributed by atoms with Crippen LogP contribution in [0.5, 0.6) is 23.0 Å². The number of fused-ring (bicyclic) bond motifs is 8. The van der Waals surface area contributed by atoms with Crippen LogP contribution in [-0.4, -0.2) is 41.0 Å².